The van der Waals surface area contributed by atoms with Crippen LogP contribution in [-0.4, -0.2) is 24.0 Å². The van der Waals surface area contributed by atoms with Gasteiger partial charge in [-0.2, -0.15) is 0 Å². The Morgan fingerprint density at radius 1 is 1.26 bits per heavy atom. The van der Waals surface area contributed by atoms with E-state index in [1.54, 1.807) is 6.08 Å². The summed E-state index contributed by atoms with van der Waals surface area (Å²) in [6.45, 7) is 10.5. The lowest BCUT2D eigenvalue weighted by atomic mass is 9.92. The summed E-state index contributed by atoms with van der Waals surface area (Å²) >= 11 is 0. The van der Waals surface area contributed by atoms with Gasteiger partial charge in [0.15, 0.2) is 0 Å². The molecule has 0 spiro atoms. The fraction of sp³-hybridized carbons (Fsp3) is 0.450. The highest BCUT2D eigenvalue weighted by Crippen LogP contribution is 2.27. The normalized spacial score (nSPS) is 17.7. The van der Waals surface area contributed by atoms with E-state index in [2.05, 4.69) is 25.3 Å². The highest BCUT2D eigenvalue weighted by atomic mass is 16.5. The lowest BCUT2D eigenvalue weighted by Gasteiger charge is -2.29. The van der Waals surface area contributed by atoms with E-state index in [1.165, 1.54) is 12.8 Å². The molecule has 23 heavy (non-hydrogen) atoms. The molecule has 0 bridgehead atoms. The summed E-state index contributed by atoms with van der Waals surface area (Å²) < 4.78 is 5.41. The van der Waals surface area contributed by atoms with Gasteiger partial charge in [0.1, 0.15) is 6.61 Å². The molecular formula is C20H27NO2. The number of esters is 1. The highest BCUT2D eigenvalue weighted by molar-refractivity contribution is 5.82. The second-order valence-corrected chi connectivity index (χ2v) is 6.24. The average molecular weight is 313 g/mol. The van der Waals surface area contributed by atoms with Crippen LogP contribution >= 0.6 is 0 Å². The molecule has 1 saturated heterocycles. The van der Waals surface area contributed by atoms with E-state index >= 15 is 0 Å². The third-order valence-electron chi connectivity index (χ3n) is 4.59. The number of carbonyl (C=O) groups is 1. The molecule has 1 aromatic carbocycles. The third-order valence-corrected chi connectivity index (χ3v) is 4.59. The van der Waals surface area contributed by atoms with Crippen LogP contribution in [-0.2, 0) is 16.1 Å². The topological polar surface area (TPSA) is 29.5 Å². The van der Waals surface area contributed by atoms with Gasteiger partial charge in [0.2, 0.25) is 0 Å². The first-order valence-electron chi connectivity index (χ1n) is 8.41. The van der Waals surface area contributed by atoms with Gasteiger partial charge in [-0.05, 0) is 24.3 Å². The molecule has 0 aromatic heterocycles. The first-order chi connectivity index (χ1) is 11.1. The molecule has 1 fully saturated rings. The maximum Gasteiger partial charge on any atom is 0.332 e. The molecule has 1 aromatic rings. The molecule has 1 heterocycles. The standard InChI is InChI=1S/C20H27NO2/c1-4-16(2)17(3)19(21-12-8-9-13-21)14-20(22)23-15-18-10-6-5-7-11-18/h4-7,10-11,14,16-17H,1,8-9,12-13,15H2,2-3H3/b19-14+/t16-,17+/m1/s1. The van der Waals surface area contributed by atoms with Gasteiger partial charge >= 0.3 is 5.97 Å². The van der Waals surface area contributed by atoms with Crippen molar-refractivity contribution in [2.75, 3.05) is 13.1 Å². The van der Waals surface area contributed by atoms with Gasteiger partial charge in [-0.3, -0.25) is 0 Å². The molecular weight excluding hydrogens is 286 g/mol. The quantitative estimate of drug-likeness (QED) is 0.430. The van der Waals surface area contributed by atoms with Crippen LogP contribution in [0.3, 0.4) is 0 Å². The van der Waals surface area contributed by atoms with E-state index < -0.39 is 0 Å². The van der Waals surface area contributed by atoms with Gasteiger partial charge in [0.05, 0.1) is 0 Å². The van der Waals surface area contributed by atoms with Gasteiger partial charge < -0.3 is 9.64 Å². The Bertz CT molecular complexity index is 544. The van der Waals surface area contributed by atoms with Crippen molar-refractivity contribution in [3.05, 3.63) is 60.3 Å². The zero-order valence-electron chi connectivity index (χ0n) is 14.2. The average Bonchev–Trinajstić information content (AvgIpc) is 3.11. The lowest BCUT2D eigenvalue weighted by molar-refractivity contribution is -0.139. The molecule has 2 atom stereocenters. The van der Waals surface area contributed by atoms with Crippen LogP contribution in [0.5, 0.6) is 0 Å². The van der Waals surface area contributed by atoms with E-state index in [4.69, 9.17) is 4.74 Å². The number of benzene rings is 1. The largest absolute Gasteiger partial charge is 0.458 e. The molecule has 0 saturated carbocycles. The first kappa shape index (κ1) is 17.3. The van der Waals surface area contributed by atoms with E-state index in [1.807, 2.05) is 36.4 Å². The molecule has 2 rings (SSSR count). The molecule has 0 N–H and O–H groups in total. The Labute approximate surface area is 139 Å². The summed E-state index contributed by atoms with van der Waals surface area (Å²) in [6, 6.07) is 9.77. The molecule has 0 amide bonds. The Balaban J connectivity index is 2.05. The van der Waals surface area contributed by atoms with Crippen molar-refractivity contribution in [3.63, 3.8) is 0 Å². The van der Waals surface area contributed by atoms with Gasteiger partial charge in [-0.25, -0.2) is 4.79 Å². The number of nitrogens with zero attached hydrogens (tertiary/aromatic N) is 1. The molecule has 3 nitrogen and oxygen atoms in total. The number of likely N-dealkylation sites (tertiary alicyclic amines) is 1. The van der Waals surface area contributed by atoms with E-state index in [9.17, 15) is 4.79 Å². The van der Waals surface area contributed by atoms with Crippen molar-refractivity contribution in [1.82, 2.24) is 4.90 Å². The summed E-state index contributed by atoms with van der Waals surface area (Å²) in [5.41, 5.74) is 2.08. The monoisotopic (exact) mass is 313 g/mol. The first-order valence-corrected chi connectivity index (χ1v) is 8.41. The SMILES string of the molecule is C=C[C@@H](C)[C@H](C)/C(=C\C(=O)OCc1ccccc1)N1CCCC1. The number of carbonyl (C=O) groups excluding carboxylic acids is 1. The predicted octanol–water partition coefficient (Wildman–Crippen LogP) is 4.17. The second-order valence-electron chi connectivity index (χ2n) is 6.24. The Morgan fingerprint density at radius 2 is 1.91 bits per heavy atom. The summed E-state index contributed by atoms with van der Waals surface area (Å²) in [5, 5.41) is 0. The molecule has 1 aliphatic rings. The van der Waals surface area contributed by atoms with E-state index in [0.717, 1.165) is 24.4 Å². The lowest BCUT2D eigenvalue weighted by Crippen LogP contribution is -2.27. The van der Waals surface area contributed by atoms with Crippen LogP contribution in [0.25, 0.3) is 0 Å². The van der Waals surface area contributed by atoms with Crippen LogP contribution in [0.15, 0.2) is 54.8 Å². The van der Waals surface area contributed by atoms with Gasteiger partial charge in [-0.15, -0.1) is 6.58 Å². The van der Waals surface area contributed by atoms with Gasteiger partial charge in [-0.1, -0.05) is 50.3 Å². The van der Waals surface area contributed by atoms with E-state index in [0.29, 0.717) is 12.5 Å². The molecule has 0 aliphatic carbocycles. The number of allylic oxidation sites excluding steroid dienone is 2. The molecule has 1 aliphatic heterocycles. The summed E-state index contributed by atoms with van der Waals surface area (Å²) in [6.07, 6.45) is 6.00. The molecule has 3 heteroatoms. The van der Waals surface area contributed by atoms with Crippen molar-refractivity contribution in [2.45, 2.75) is 33.3 Å². The predicted molar refractivity (Wildman–Crippen MR) is 93.7 cm³/mol. The van der Waals surface area contributed by atoms with Crippen LogP contribution in [0, 0.1) is 11.8 Å². The highest BCUT2D eigenvalue weighted by Gasteiger charge is 2.23. The van der Waals surface area contributed by atoms with Crippen molar-refractivity contribution < 1.29 is 9.53 Å². The third kappa shape index (κ3) is 4.98. The number of hydrogen-bond acceptors (Lipinski definition) is 3. The zero-order chi connectivity index (χ0) is 16.7. The van der Waals surface area contributed by atoms with Crippen LogP contribution in [0.2, 0.25) is 0 Å². The maximum absolute atomic E-state index is 12.2. The minimum Gasteiger partial charge on any atom is -0.458 e. The summed E-state index contributed by atoms with van der Waals surface area (Å²) in [4.78, 5) is 14.6. The minimum atomic E-state index is -0.265. The van der Waals surface area contributed by atoms with Crippen LogP contribution in [0.1, 0.15) is 32.3 Å². The molecule has 124 valence electrons. The fourth-order valence-electron chi connectivity index (χ4n) is 2.85. The summed E-state index contributed by atoms with van der Waals surface area (Å²) in [5.74, 6) is 0.317. The van der Waals surface area contributed by atoms with Gasteiger partial charge in [0.25, 0.3) is 0 Å². The zero-order valence-corrected chi connectivity index (χ0v) is 14.2. The van der Waals surface area contributed by atoms with Crippen LogP contribution in [0.4, 0.5) is 0 Å². The fourth-order valence-corrected chi connectivity index (χ4v) is 2.85. The van der Waals surface area contributed by atoms with Crippen LogP contribution < -0.4 is 0 Å². The number of ether oxygens (including phenoxy) is 1. The van der Waals surface area contributed by atoms with E-state index in [-0.39, 0.29) is 11.9 Å². The molecule has 0 radical (unpaired) electrons. The number of rotatable bonds is 7. The van der Waals surface area contributed by atoms with Crippen molar-refractivity contribution in [3.8, 4) is 0 Å². The van der Waals surface area contributed by atoms with Gasteiger partial charge in [0, 0.05) is 30.8 Å². The van der Waals surface area contributed by atoms with Crippen molar-refractivity contribution in [1.29, 1.82) is 0 Å². The number of hydrogen-bond donors (Lipinski definition) is 0. The summed E-state index contributed by atoms with van der Waals surface area (Å²) in [7, 11) is 0. The smallest absolute Gasteiger partial charge is 0.332 e. The Hall–Kier alpha value is -2.03. The molecule has 0 unspecified atom stereocenters. The van der Waals surface area contributed by atoms with Crippen molar-refractivity contribution in [2.24, 2.45) is 11.8 Å². The Morgan fingerprint density at radius 3 is 2.52 bits per heavy atom. The maximum atomic E-state index is 12.2. The minimum absolute atomic E-state index is 0.259. The second kappa shape index (κ2) is 8.56. The van der Waals surface area contributed by atoms with Crippen molar-refractivity contribution >= 4 is 5.97 Å². The Kier molecular flexibility index (Phi) is 6.45.